The van der Waals surface area contributed by atoms with E-state index in [1.54, 1.807) is 0 Å². The molecule has 0 aromatic heterocycles. The van der Waals surface area contributed by atoms with Crippen LogP contribution in [0.3, 0.4) is 0 Å². The molecule has 0 spiro atoms. The highest BCUT2D eigenvalue weighted by molar-refractivity contribution is 8.00. The zero-order valence-electron chi connectivity index (χ0n) is 15.3. The van der Waals surface area contributed by atoms with Crippen molar-refractivity contribution in [3.05, 3.63) is 70.8 Å². The van der Waals surface area contributed by atoms with Gasteiger partial charge in [-0.15, -0.1) is 11.8 Å². The summed E-state index contributed by atoms with van der Waals surface area (Å²) >= 11 is 0.906. The maximum absolute atomic E-state index is 12.8. The number of alkyl halides is 6. The Kier molecular flexibility index (Phi) is 6.16. The Bertz CT molecular complexity index is 957. The number of halogens is 6. The third-order valence-electron chi connectivity index (χ3n) is 4.47. The number of carbonyl (C=O) groups excluding carboxylic acids is 2. The number of nitrogens with zero attached hydrogens (tertiary/aromatic N) is 1. The summed E-state index contributed by atoms with van der Waals surface area (Å²) in [5.41, 5.74) is -1.13. The maximum atomic E-state index is 12.8. The predicted molar refractivity (Wildman–Crippen MR) is 98.4 cm³/mol. The Morgan fingerprint density at radius 1 is 0.867 bits per heavy atom. The Morgan fingerprint density at radius 2 is 1.40 bits per heavy atom. The van der Waals surface area contributed by atoms with Gasteiger partial charge in [-0.1, -0.05) is 30.3 Å². The van der Waals surface area contributed by atoms with Crippen LogP contribution in [0, 0.1) is 0 Å². The Morgan fingerprint density at radius 3 is 1.97 bits per heavy atom. The molecule has 1 heterocycles. The molecule has 1 aliphatic heterocycles. The molecule has 1 aliphatic rings. The third-order valence-corrected chi connectivity index (χ3v) is 5.77. The smallest absolute Gasteiger partial charge is 0.330 e. The van der Waals surface area contributed by atoms with Crippen LogP contribution in [0.1, 0.15) is 22.3 Å². The van der Waals surface area contributed by atoms with Crippen LogP contribution in [0.5, 0.6) is 0 Å². The number of thioether (sulfide) groups is 1. The number of rotatable bonds is 5. The first kappa shape index (κ1) is 22.2. The number of amides is 1. The van der Waals surface area contributed by atoms with Crippen LogP contribution in [0.4, 0.5) is 26.3 Å². The van der Waals surface area contributed by atoms with E-state index >= 15 is 0 Å². The molecular weight excluding hydrogens is 432 g/mol. The van der Waals surface area contributed by atoms with Crippen LogP contribution in [0.15, 0.2) is 48.5 Å². The van der Waals surface area contributed by atoms with Crippen LogP contribution in [0.25, 0.3) is 0 Å². The van der Waals surface area contributed by atoms with Gasteiger partial charge < -0.3 is 4.90 Å². The molecule has 0 bridgehead atoms. The second-order valence-corrected chi connectivity index (χ2v) is 7.84. The standard InChI is InChI=1S/C20H15F6NO2S/c21-19(22,23)14-5-1-3-12(7-14)9-27-10-16(28)17(18(27)29)30-11-13-4-2-6-15(8-13)20(24,25)26/h1-8,17H,9-11H2. The van der Waals surface area contributed by atoms with Crippen LogP contribution in [-0.2, 0) is 34.2 Å². The van der Waals surface area contributed by atoms with E-state index in [4.69, 9.17) is 0 Å². The summed E-state index contributed by atoms with van der Waals surface area (Å²) in [7, 11) is 0. The number of hydrogen-bond donors (Lipinski definition) is 0. The van der Waals surface area contributed by atoms with Crippen LogP contribution in [0.2, 0.25) is 0 Å². The zero-order chi connectivity index (χ0) is 22.1. The van der Waals surface area contributed by atoms with Gasteiger partial charge in [-0.25, -0.2) is 0 Å². The molecule has 1 amide bonds. The van der Waals surface area contributed by atoms with E-state index in [0.717, 1.165) is 40.9 Å². The lowest BCUT2D eigenvalue weighted by atomic mass is 10.1. The van der Waals surface area contributed by atoms with E-state index in [1.165, 1.54) is 24.3 Å². The summed E-state index contributed by atoms with van der Waals surface area (Å²) in [5.74, 6) is -0.970. The number of likely N-dealkylation sites (tertiary alicyclic amines) is 1. The van der Waals surface area contributed by atoms with Crippen molar-refractivity contribution in [1.82, 2.24) is 4.90 Å². The van der Waals surface area contributed by atoms with Crippen LogP contribution >= 0.6 is 11.8 Å². The normalized spacial score (nSPS) is 17.7. The van der Waals surface area contributed by atoms with Gasteiger partial charge in [0.15, 0.2) is 5.78 Å². The van der Waals surface area contributed by atoms with Crippen molar-refractivity contribution in [2.24, 2.45) is 0 Å². The van der Waals surface area contributed by atoms with Crippen molar-refractivity contribution in [1.29, 1.82) is 0 Å². The minimum absolute atomic E-state index is 0.0173. The second-order valence-electron chi connectivity index (χ2n) is 6.75. The van der Waals surface area contributed by atoms with Gasteiger partial charge >= 0.3 is 12.4 Å². The Labute approximate surface area is 172 Å². The number of Topliss-reactive ketones (excluding diaryl/α,β-unsaturated/α-hetero) is 1. The minimum atomic E-state index is -4.52. The predicted octanol–water partition coefficient (Wildman–Crippen LogP) is 4.94. The van der Waals surface area contributed by atoms with E-state index in [9.17, 15) is 35.9 Å². The second kappa shape index (κ2) is 8.33. The van der Waals surface area contributed by atoms with Gasteiger partial charge in [-0.3, -0.25) is 9.59 Å². The largest absolute Gasteiger partial charge is 0.416 e. The molecule has 1 atom stereocenters. The summed E-state index contributed by atoms with van der Waals surface area (Å²) in [4.78, 5) is 25.9. The third kappa shape index (κ3) is 5.16. The van der Waals surface area contributed by atoms with Gasteiger partial charge in [0.1, 0.15) is 5.25 Å². The van der Waals surface area contributed by atoms with Crippen LogP contribution < -0.4 is 0 Å². The monoisotopic (exact) mass is 447 g/mol. The van der Waals surface area contributed by atoms with Gasteiger partial charge in [-0.2, -0.15) is 26.3 Å². The minimum Gasteiger partial charge on any atom is -0.330 e. The zero-order valence-corrected chi connectivity index (χ0v) is 16.1. The van der Waals surface area contributed by atoms with E-state index in [-0.39, 0.29) is 24.4 Å². The quantitative estimate of drug-likeness (QED) is 0.482. The lowest BCUT2D eigenvalue weighted by molar-refractivity contribution is -0.138. The number of carbonyl (C=O) groups is 2. The van der Waals surface area contributed by atoms with E-state index < -0.39 is 40.4 Å². The molecule has 160 valence electrons. The average molecular weight is 447 g/mol. The summed E-state index contributed by atoms with van der Waals surface area (Å²) in [5, 5.41) is -1.09. The van der Waals surface area contributed by atoms with Gasteiger partial charge in [0, 0.05) is 12.3 Å². The molecule has 0 aliphatic carbocycles. The molecule has 0 saturated carbocycles. The first-order valence-electron chi connectivity index (χ1n) is 8.70. The summed E-state index contributed by atoms with van der Waals surface area (Å²) in [6.45, 7) is -0.412. The molecule has 1 fully saturated rings. The first-order valence-corrected chi connectivity index (χ1v) is 9.75. The molecule has 2 aromatic rings. The molecule has 1 saturated heterocycles. The highest BCUT2D eigenvalue weighted by Crippen LogP contribution is 2.33. The molecule has 3 nitrogen and oxygen atoms in total. The molecule has 2 aromatic carbocycles. The fourth-order valence-electron chi connectivity index (χ4n) is 3.03. The first-order chi connectivity index (χ1) is 13.9. The summed E-state index contributed by atoms with van der Waals surface area (Å²) in [6.07, 6.45) is -9.02. The van der Waals surface area contributed by atoms with E-state index in [0.29, 0.717) is 5.56 Å². The lowest BCUT2D eigenvalue weighted by Gasteiger charge is -2.17. The summed E-state index contributed by atoms with van der Waals surface area (Å²) < 4.78 is 76.9. The molecule has 1 unspecified atom stereocenters. The SMILES string of the molecule is O=C1CN(Cc2cccc(C(F)(F)F)c2)C(=O)C1SCc1cccc(C(F)(F)F)c1. The maximum Gasteiger partial charge on any atom is 0.416 e. The highest BCUT2D eigenvalue weighted by atomic mass is 32.2. The van der Waals surface area contributed by atoms with Crippen molar-refractivity contribution in [3.8, 4) is 0 Å². The Balaban J connectivity index is 1.66. The number of hydrogen-bond acceptors (Lipinski definition) is 3. The van der Waals surface area contributed by atoms with Crippen molar-refractivity contribution < 1.29 is 35.9 Å². The van der Waals surface area contributed by atoms with Gasteiger partial charge in [0.2, 0.25) is 5.91 Å². The Hall–Kier alpha value is -2.49. The van der Waals surface area contributed by atoms with Crippen LogP contribution in [-0.4, -0.2) is 28.4 Å². The van der Waals surface area contributed by atoms with Gasteiger partial charge in [0.25, 0.3) is 0 Å². The van der Waals surface area contributed by atoms with Crippen molar-refractivity contribution in [3.63, 3.8) is 0 Å². The van der Waals surface area contributed by atoms with Gasteiger partial charge in [0.05, 0.1) is 17.7 Å². The molecular formula is C20H15F6NO2S. The summed E-state index contributed by atoms with van der Waals surface area (Å²) in [6, 6.07) is 9.07. The van der Waals surface area contributed by atoms with Gasteiger partial charge in [-0.05, 0) is 29.3 Å². The molecule has 3 rings (SSSR count). The molecule has 10 heteroatoms. The molecule has 0 N–H and O–H groups in total. The van der Waals surface area contributed by atoms with E-state index in [1.807, 2.05) is 0 Å². The fourth-order valence-corrected chi connectivity index (χ4v) is 4.12. The lowest BCUT2D eigenvalue weighted by Crippen LogP contribution is -2.28. The van der Waals surface area contributed by atoms with E-state index in [2.05, 4.69) is 0 Å². The topological polar surface area (TPSA) is 37.4 Å². The number of benzene rings is 2. The highest BCUT2D eigenvalue weighted by Gasteiger charge is 2.40. The average Bonchev–Trinajstić information content (AvgIpc) is 2.92. The molecule has 0 radical (unpaired) electrons. The van der Waals surface area contributed by atoms with Crippen molar-refractivity contribution in [2.75, 3.05) is 6.54 Å². The van der Waals surface area contributed by atoms with Crippen molar-refractivity contribution >= 4 is 23.5 Å². The number of ketones is 1. The van der Waals surface area contributed by atoms with Crippen molar-refractivity contribution in [2.45, 2.75) is 29.9 Å². The fraction of sp³-hybridized carbons (Fsp3) is 0.300. The molecule has 30 heavy (non-hydrogen) atoms.